The molecule has 0 bridgehead atoms. The molecule has 118 valence electrons. The van der Waals surface area contributed by atoms with Crippen LogP contribution in [0.4, 0.5) is 11.4 Å². The third-order valence-corrected chi connectivity index (χ3v) is 4.79. The maximum absolute atomic E-state index is 5.78. The molecule has 0 aromatic heterocycles. The van der Waals surface area contributed by atoms with Gasteiger partial charge in [0.05, 0.1) is 0 Å². The van der Waals surface area contributed by atoms with Crippen molar-refractivity contribution in [3.05, 3.63) is 24.3 Å². The van der Waals surface area contributed by atoms with Crippen molar-refractivity contribution >= 4 is 11.4 Å². The van der Waals surface area contributed by atoms with Crippen molar-refractivity contribution in [2.45, 2.75) is 45.1 Å². The Morgan fingerprint density at radius 1 is 1.24 bits per heavy atom. The van der Waals surface area contributed by atoms with Crippen LogP contribution in [0.15, 0.2) is 24.3 Å². The Balaban J connectivity index is 1.94. The van der Waals surface area contributed by atoms with E-state index in [2.05, 4.69) is 43.0 Å². The average Bonchev–Trinajstić information content (AvgIpc) is 2.93. The van der Waals surface area contributed by atoms with E-state index in [1.807, 2.05) is 12.1 Å². The molecule has 2 atom stereocenters. The fourth-order valence-corrected chi connectivity index (χ4v) is 3.54. The molecule has 0 aliphatic carbocycles. The summed E-state index contributed by atoms with van der Waals surface area (Å²) in [6.07, 6.45) is 6.67. The minimum atomic E-state index is 0.718. The maximum Gasteiger partial charge on any atom is 0.0367 e. The second-order valence-electron chi connectivity index (χ2n) is 6.61. The highest BCUT2D eigenvalue weighted by atomic mass is 15.2. The lowest BCUT2D eigenvalue weighted by atomic mass is 9.93. The second-order valence-corrected chi connectivity index (χ2v) is 6.61. The molecule has 1 aromatic rings. The maximum atomic E-state index is 5.78. The molecule has 0 amide bonds. The van der Waals surface area contributed by atoms with Crippen molar-refractivity contribution in [1.82, 2.24) is 4.90 Å². The van der Waals surface area contributed by atoms with Gasteiger partial charge in [0, 0.05) is 30.5 Å². The van der Waals surface area contributed by atoms with Crippen molar-refractivity contribution in [1.29, 1.82) is 0 Å². The molecule has 1 heterocycles. The molecule has 0 saturated carbocycles. The summed E-state index contributed by atoms with van der Waals surface area (Å²) in [7, 11) is 4.48. The van der Waals surface area contributed by atoms with Gasteiger partial charge >= 0.3 is 0 Å². The third kappa shape index (κ3) is 4.37. The standard InChI is InChI=1S/C18H31N3/c1-4-5-6-7-18(20(2)3)15-12-13-21(14-15)17-10-8-16(19)9-11-17/h8-11,15,18H,4-7,12-14,19H2,1-3H3. The van der Waals surface area contributed by atoms with Crippen LogP contribution in [0.25, 0.3) is 0 Å². The molecule has 1 aliphatic rings. The van der Waals surface area contributed by atoms with Gasteiger partial charge in [-0.15, -0.1) is 0 Å². The number of hydrogen-bond donors (Lipinski definition) is 1. The van der Waals surface area contributed by atoms with Crippen LogP contribution in [-0.2, 0) is 0 Å². The number of hydrogen-bond acceptors (Lipinski definition) is 3. The zero-order chi connectivity index (χ0) is 15.2. The van der Waals surface area contributed by atoms with Gasteiger partial charge in [-0.1, -0.05) is 26.2 Å². The molecular formula is C18H31N3. The van der Waals surface area contributed by atoms with Crippen molar-refractivity contribution in [3.8, 4) is 0 Å². The van der Waals surface area contributed by atoms with Crippen molar-refractivity contribution in [2.75, 3.05) is 37.8 Å². The molecule has 2 unspecified atom stereocenters. The predicted octanol–water partition coefficient (Wildman–Crippen LogP) is 3.61. The first-order chi connectivity index (χ1) is 10.1. The van der Waals surface area contributed by atoms with Crippen LogP contribution in [0.2, 0.25) is 0 Å². The molecule has 3 nitrogen and oxygen atoms in total. The highest BCUT2D eigenvalue weighted by Crippen LogP contribution is 2.29. The minimum absolute atomic E-state index is 0.718. The summed E-state index contributed by atoms with van der Waals surface area (Å²) < 4.78 is 0. The van der Waals surface area contributed by atoms with Gasteiger partial charge in [-0.3, -0.25) is 0 Å². The van der Waals surface area contributed by atoms with Crippen LogP contribution < -0.4 is 10.6 Å². The van der Waals surface area contributed by atoms with Gasteiger partial charge < -0.3 is 15.5 Å². The van der Waals surface area contributed by atoms with Crippen LogP contribution in [0.3, 0.4) is 0 Å². The van der Waals surface area contributed by atoms with Gasteiger partial charge in [0.2, 0.25) is 0 Å². The lowest BCUT2D eigenvalue weighted by Gasteiger charge is -2.30. The Bertz CT molecular complexity index is 413. The lowest BCUT2D eigenvalue weighted by molar-refractivity contribution is 0.204. The first-order valence-electron chi connectivity index (χ1n) is 8.38. The summed E-state index contributed by atoms with van der Waals surface area (Å²) in [5.74, 6) is 0.786. The molecule has 1 saturated heterocycles. The van der Waals surface area contributed by atoms with E-state index >= 15 is 0 Å². The first kappa shape index (κ1) is 16.2. The van der Waals surface area contributed by atoms with Crippen molar-refractivity contribution < 1.29 is 0 Å². The van der Waals surface area contributed by atoms with Gasteiger partial charge in [-0.2, -0.15) is 0 Å². The lowest BCUT2D eigenvalue weighted by Crippen LogP contribution is -2.37. The van der Waals surface area contributed by atoms with Crippen LogP contribution in [0.5, 0.6) is 0 Å². The molecule has 2 rings (SSSR count). The van der Waals surface area contributed by atoms with E-state index in [-0.39, 0.29) is 0 Å². The van der Waals surface area contributed by atoms with E-state index in [1.165, 1.54) is 50.9 Å². The summed E-state index contributed by atoms with van der Waals surface area (Å²) in [6, 6.07) is 9.04. The highest BCUT2D eigenvalue weighted by molar-refractivity contribution is 5.53. The zero-order valence-electron chi connectivity index (χ0n) is 13.9. The van der Waals surface area contributed by atoms with Crippen LogP contribution in [0, 0.1) is 5.92 Å². The fraction of sp³-hybridized carbons (Fsp3) is 0.667. The number of unbranched alkanes of at least 4 members (excludes halogenated alkanes) is 2. The summed E-state index contributed by atoms with van der Waals surface area (Å²) >= 11 is 0. The monoisotopic (exact) mass is 289 g/mol. The number of nitrogen functional groups attached to an aromatic ring is 1. The normalized spacial score (nSPS) is 20.2. The number of nitrogens with two attached hydrogens (primary N) is 1. The summed E-state index contributed by atoms with van der Waals surface area (Å²) in [5.41, 5.74) is 7.95. The predicted molar refractivity (Wildman–Crippen MR) is 92.8 cm³/mol. The Labute approximate surface area is 130 Å². The Hall–Kier alpha value is -1.22. The Morgan fingerprint density at radius 2 is 1.95 bits per heavy atom. The average molecular weight is 289 g/mol. The topological polar surface area (TPSA) is 32.5 Å². The van der Waals surface area contributed by atoms with Gasteiger partial charge in [-0.05, 0) is 57.1 Å². The van der Waals surface area contributed by atoms with Gasteiger partial charge in [0.1, 0.15) is 0 Å². The molecule has 1 fully saturated rings. The number of rotatable bonds is 7. The van der Waals surface area contributed by atoms with Gasteiger partial charge in [0.15, 0.2) is 0 Å². The van der Waals surface area contributed by atoms with Crippen LogP contribution in [0.1, 0.15) is 39.0 Å². The van der Waals surface area contributed by atoms with E-state index in [0.717, 1.165) is 17.6 Å². The minimum Gasteiger partial charge on any atom is -0.399 e. The smallest absolute Gasteiger partial charge is 0.0367 e. The number of benzene rings is 1. The first-order valence-corrected chi connectivity index (χ1v) is 8.38. The number of nitrogens with zero attached hydrogens (tertiary/aromatic N) is 2. The van der Waals surface area contributed by atoms with Gasteiger partial charge in [-0.25, -0.2) is 0 Å². The summed E-state index contributed by atoms with van der Waals surface area (Å²) in [6.45, 7) is 4.63. The molecule has 1 aromatic carbocycles. The highest BCUT2D eigenvalue weighted by Gasteiger charge is 2.30. The molecule has 21 heavy (non-hydrogen) atoms. The molecule has 2 N–H and O–H groups in total. The summed E-state index contributed by atoms with van der Waals surface area (Å²) in [5, 5.41) is 0. The molecule has 1 aliphatic heterocycles. The van der Waals surface area contributed by atoms with E-state index in [9.17, 15) is 0 Å². The molecule has 3 heteroatoms. The Kier molecular flexibility index (Phi) is 5.92. The summed E-state index contributed by atoms with van der Waals surface area (Å²) in [4.78, 5) is 4.95. The fourth-order valence-electron chi connectivity index (χ4n) is 3.54. The molecular weight excluding hydrogens is 258 g/mol. The second kappa shape index (κ2) is 7.69. The SMILES string of the molecule is CCCCCC(C1CCN(c2ccc(N)cc2)C1)N(C)C. The van der Waals surface area contributed by atoms with Crippen molar-refractivity contribution in [2.24, 2.45) is 5.92 Å². The largest absolute Gasteiger partial charge is 0.399 e. The van der Waals surface area contributed by atoms with Crippen molar-refractivity contribution in [3.63, 3.8) is 0 Å². The van der Waals surface area contributed by atoms with Gasteiger partial charge in [0.25, 0.3) is 0 Å². The van der Waals surface area contributed by atoms with Crippen LogP contribution in [-0.4, -0.2) is 38.1 Å². The zero-order valence-corrected chi connectivity index (χ0v) is 13.9. The van der Waals surface area contributed by atoms with E-state index in [1.54, 1.807) is 0 Å². The van der Waals surface area contributed by atoms with E-state index in [0.29, 0.717) is 0 Å². The molecule has 0 spiro atoms. The quantitative estimate of drug-likeness (QED) is 0.615. The molecule has 0 radical (unpaired) electrons. The Morgan fingerprint density at radius 3 is 2.57 bits per heavy atom. The number of anilines is 2. The van der Waals surface area contributed by atoms with E-state index < -0.39 is 0 Å². The third-order valence-electron chi connectivity index (χ3n) is 4.79. The van der Waals surface area contributed by atoms with Crippen LogP contribution >= 0.6 is 0 Å². The van der Waals surface area contributed by atoms with E-state index in [4.69, 9.17) is 5.73 Å².